The number of halogens is 1. The molecule has 0 unspecified atom stereocenters. The first-order valence-electron chi connectivity index (χ1n) is 0.698. The van der Waals surface area contributed by atoms with Gasteiger partial charge in [0.25, 0.3) is 0 Å². The van der Waals surface area contributed by atoms with E-state index in [-0.39, 0.29) is 63.8 Å². The normalized spacial score (nSPS) is 7.25. The van der Waals surface area contributed by atoms with Crippen molar-refractivity contribution in [3.63, 3.8) is 0 Å². The van der Waals surface area contributed by atoms with Crippen molar-refractivity contribution < 1.29 is 22.2 Å². The number of hydrogen-bond acceptors (Lipinski definition) is 2. The molecule has 0 fully saturated rings. The molecule has 0 aliphatic carbocycles. The van der Waals surface area contributed by atoms with Gasteiger partial charge in [-0.25, -0.2) is 0 Å². The van der Waals surface area contributed by atoms with Gasteiger partial charge >= 0.3 is 69.5 Å². The summed E-state index contributed by atoms with van der Waals surface area (Å²) in [6.07, 6.45) is 0. The summed E-state index contributed by atoms with van der Waals surface area (Å²) in [5, 5.41) is 0. The van der Waals surface area contributed by atoms with Crippen LogP contribution in [0, 0.1) is 0 Å². The fraction of sp³-hybridized carbons (Fsp3) is 0. The van der Waals surface area contributed by atoms with Crippen LogP contribution in [-0.2, 0) is 10.4 Å². The molecule has 0 aromatic carbocycles. The van der Waals surface area contributed by atoms with Crippen LogP contribution in [0.2, 0.25) is 0 Å². The minimum atomic E-state index is -4.67. The van der Waals surface area contributed by atoms with Crippen molar-refractivity contribution >= 4 is 69.5 Å². The molecular weight excluding hydrogens is 161 g/mol. The van der Waals surface area contributed by atoms with Gasteiger partial charge in [0.2, 0.25) is 0 Å². The molecule has 0 rings (SSSR count). The van der Waals surface area contributed by atoms with Gasteiger partial charge in [-0.05, 0) is 0 Å². The zero-order valence-electron chi connectivity index (χ0n) is 2.53. The molecule has 0 bridgehead atoms. The molecule has 0 radical (unpaired) electrons. The first kappa shape index (κ1) is 22.6. The Labute approximate surface area is 90.6 Å². The first-order chi connectivity index (χ1) is 2.00. The summed E-state index contributed by atoms with van der Waals surface area (Å²) < 4.78 is 31.6. The van der Waals surface area contributed by atoms with Gasteiger partial charge in [-0.15, -0.1) is 0 Å². The van der Waals surface area contributed by atoms with Crippen molar-refractivity contribution in [3.05, 3.63) is 0 Å². The van der Waals surface area contributed by atoms with Crippen molar-refractivity contribution in [2.24, 2.45) is 0 Å². The average Bonchev–Trinajstić information content (AvgIpc) is 0.722. The van der Waals surface area contributed by atoms with Crippen LogP contribution in [0.15, 0.2) is 0 Å². The summed E-state index contributed by atoms with van der Waals surface area (Å²) >= 11 is 0. The van der Waals surface area contributed by atoms with Gasteiger partial charge in [0, 0.05) is 0 Å². The Kier molecular flexibility index (Phi) is 24.8. The van der Waals surface area contributed by atoms with Crippen molar-refractivity contribution in [2.45, 2.75) is 0 Å². The van der Waals surface area contributed by atoms with E-state index in [4.69, 9.17) is 17.5 Å². The standard InChI is InChI=1S/FH.2Na.H2O4S.2H/c;;;1-5(2,3)4;;/h1H;;;(H2,1,2,3,4);;. The van der Waals surface area contributed by atoms with Crippen LogP contribution in [-0.4, -0.2) is 76.6 Å². The fourth-order valence-corrected chi connectivity index (χ4v) is 0. The SMILES string of the molecule is F.O=S(=O)(O)O.[NaH].[NaH]. The summed E-state index contributed by atoms with van der Waals surface area (Å²) in [6, 6.07) is 0. The maximum atomic E-state index is 8.74. The van der Waals surface area contributed by atoms with Crippen LogP contribution in [0.1, 0.15) is 0 Å². The topological polar surface area (TPSA) is 74.6 Å². The molecule has 44 valence electrons. The van der Waals surface area contributed by atoms with E-state index in [0.29, 0.717) is 0 Å². The van der Waals surface area contributed by atoms with Crippen molar-refractivity contribution in [1.82, 2.24) is 0 Å². The monoisotopic (exact) mass is 166 g/mol. The van der Waals surface area contributed by atoms with Crippen molar-refractivity contribution in [1.29, 1.82) is 0 Å². The van der Waals surface area contributed by atoms with E-state index in [9.17, 15) is 0 Å². The molecule has 0 atom stereocenters. The van der Waals surface area contributed by atoms with Gasteiger partial charge in [-0.3, -0.25) is 13.8 Å². The fourth-order valence-electron chi connectivity index (χ4n) is 0. The van der Waals surface area contributed by atoms with E-state index < -0.39 is 10.4 Å². The summed E-state index contributed by atoms with van der Waals surface area (Å²) in [6.45, 7) is 0. The molecule has 2 N–H and O–H groups in total. The zero-order chi connectivity index (χ0) is 4.50. The van der Waals surface area contributed by atoms with Gasteiger partial charge in [0.1, 0.15) is 0 Å². The predicted molar refractivity (Wildman–Crippen MR) is 31.0 cm³/mol. The van der Waals surface area contributed by atoms with Crippen LogP contribution in [0.4, 0.5) is 4.70 Å². The average molecular weight is 166 g/mol. The van der Waals surface area contributed by atoms with E-state index in [1.54, 1.807) is 0 Å². The number of rotatable bonds is 0. The molecule has 0 aliphatic heterocycles. The van der Waals surface area contributed by atoms with E-state index in [0.717, 1.165) is 0 Å². The second kappa shape index (κ2) is 8.80. The summed E-state index contributed by atoms with van der Waals surface area (Å²) in [7, 11) is -4.67. The van der Waals surface area contributed by atoms with Crippen molar-refractivity contribution in [3.8, 4) is 0 Å². The van der Waals surface area contributed by atoms with E-state index in [1.807, 2.05) is 0 Å². The van der Waals surface area contributed by atoms with Crippen LogP contribution < -0.4 is 0 Å². The van der Waals surface area contributed by atoms with Crippen LogP contribution in [0.5, 0.6) is 0 Å². The molecule has 0 amide bonds. The molecule has 0 saturated heterocycles. The quantitative estimate of drug-likeness (QED) is 0.329. The molecule has 0 aromatic rings. The third kappa shape index (κ3) is 111. The van der Waals surface area contributed by atoms with Gasteiger partial charge < -0.3 is 0 Å². The summed E-state index contributed by atoms with van der Waals surface area (Å²) in [4.78, 5) is 0. The second-order valence-electron chi connectivity index (χ2n) is 0.448. The van der Waals surface area contributed by atoms with Gasteiger partial charge in [-0.1, -0.05) is 0 Å². The van der Waals surface area contributed by atoms with Crippen molar-refractivity contribution in [2.75, 3.05) is 0 Å². The van der Waals surface area contributed by atoms with Gasteiger partial charge in [0.05, 0.1) is 0 Å². The molecule has 8 heteroatoms. The van der Waals surface area contributed by atoms with E-state index >= 15 is 0 Å². The van der Waals surface area contributed by atoms with Crippen LogP contribution in [0.3, 0.4) is 0 Å². The third-order valence-corrected chi connectivity index (χ3v) is 0. The molecule has 4 nitrogen and oxygen atoms in total. The molecule has 0 aliphatic rings. The predicted octanol–water partition coefficient (Wildman–Crippen LogP) is -1.80. The maximum absolute atomic E-state index is 8.74. The van der Waals surface area contributed by atoms with E-state index in [2.05, 4.69) is 0 Å². The summed E-state index contributed by atoms with van der Waals surface area (Å²) in [5.74, 6) is 0. The van der Waals surface area contributed by atoms with Gasteiger partial charge in [-0.2, -0.15) is 8.42 Å². The molecule has 0 aromatic heterocycles. The Balaban J connectivity index is -0.0000000267. The minimum absolute atomic E-state index is 0. The first-order valence-corrected chi connectivity index (χ1v) is 2.10. The molecule has 8 heavy (non-hydrogen) atoms. The molecule has 0 heterocycles. The summed E-state index contributed by atoms with van der Waals surface area (Å²) in [5.41, 5.74) is 0. The Hall–Kier alpha value is 1.80. The Morgan fingerprint density at radius 1 is 1.00 bits per heavy atom. The van der Waals surface area contributed by atoms with E-state index in [1.165, 1.54) is 0 Å². The zero-order valence-corrected chi connectivity index (χ0v) is 3.34. The number of hydrogen-bond donors (Lipinski definition) is 2. The Morgan fingerprint density at radius 2 is 1.00 bits per heavy atom. The molecule has 0 saturated carbocycles. The van der Waals surface area contributed by atoms with Crippen LogP contribution in [0.25, 0.3) is 0 Å². The Morgan fingerprint density at radius 3 is 1.00 bits per heavy atom. The van der Waals surface area contributed by atoms with Gasteiger partial charge in [0.15, 0.2) is 0 Å². The second-order valence-corrected chi connectivity index (χ2v) is 1.34. The third-order valence-electron chi connectivity index (χ3n) is 0. The molecular formula is H5FNa2O4S. The van der Waals surface area contributed by atoms with Crippen LogP contribution >= 0.6 is 0 Å². The molecule has 0 spiro atoms. The Bertz CT molecular complexity index is 97.2.